The molecule has 0 saturated carbocycles. The van der Waals surface area contributed by atoms with Crippen molar-refractivity contribution < 1.29 is 87.3 Å². The van der Waals surface area contributed by atoms with Crippen molar-refractivity contribution in [2.75, 3.05) is 24.7 Å². The van der Waals surface area contributed by atoms with Gasteiger partial charge < -0.3 is 10.2 Å². The third-order valence-electron chi connectivity index (χ3n) is 5.91. The molecule has 0 spiro atoms. The van der Waals surface area contributed by atoms with Gasteiger partial charge >= 0.3 is 20.8 Å². The Kier molecular flexibility index (Phi) is 12.6. The first-order valence-electron chi connectivity index (χ1n) is 12.9. The maximum Gasteiger partial charge on any atom is 0.397 e. The van der Waals surface area contributed by atoms with Crippen molar-refractivity contribution >= 4 is 83.5 Å². The van der Waals surface area contributed by atoms with Crippen molar-refractivity contribution in [2.24, 2.45) is 20.5 Å². The summed E-state index contributed by atoms with van der Waals surface area (Å²) in [6.07, 6.45) is 0. The number of benzene rings is 3. The highest BCUT2D eigenvalue weighted by molar-refractivity contribution is 7.92. The summed E-state index contributed by atoms with van der Waals surface area (Å²) in [6, 6.07) is 5.26. The van der Waals surface area contributed by atoms with Gasteiger partial charge in [0.05, 0.1) is 34.5 Å². The fraction of sp³-hybridized carbons (Fsp3) is 0.182. The predicted octanol–water partition coefficient (Wildman–Crippen LogP) is 1.61. The summed E-state index contributed by atoms with van der Waals surface area (Å²) >= 11 is 0. The van der Waals surface area contributed by atoms with E-state index < -0.39 is 139 Å². The van der Waals surface area contributed by atoms with Crippen LogP contribution in [0.4, 0.5) is 22.7 Å². The van der Waals surface area contributed by atoms with E-state index in [0.717, 1.165) is 30.3 Å². The van der Waals surface area contributed by atoms with Gasteiger partial charge in [-0.3, -0.25) is 18.2 Å². The third-order valence-corrected chi connectivity index (χ3v) is 12.0. The lowest BCUT2D eigenvalue weighted by Crippen LogP contribution is -2.16. The highest BCUT2D eigenvalue weighted by Gasteiger charge is 2.25. The summed E-state index contributed by atoms with van der Waals surface area (Å²) in [6.45, 7) is -2.13. The van der Waals surface area contributed by atoms with Crippen LogP contribution in [0.25, 0.3) is 0 Å². The van der Waals surface area contributed by atoms with Gasteiger partial charge in [0, 0.05) is 12.1 Å². The molecule has 52 heavy (non-hydrogen) atoms. The van der Waals surface area contributed by atoms with Gasteiger partial charge in [-0.15, -0.1) is 20.5 Å². The fourth-order valence-corrected chi connectivity index (χ4v) is 8.09. The molecule has 6 N–H and O–H groups in total. The van der Waals surface area contributed by atoms with E-state index in [9.17, 15) is 69.8 Å². The van der Waals surface area contributed by atoms with Crippen LogP contribution in [0, 0.1) is 0 Å². The molecule has 0 saturated heterocycles. The van der Waals surface area contributed by atoms with E-state index in [1.807, 2.05) is 0 Å². The average Bonchev–Trinajstić information content (AvgIpc) is 2.97. The topological polar surface area (TPSA) is 394 Å². The zero-order valence-corrected chi connectivity index (χ0v) is 30.0. The van der Waals surface area contributed by atoms with Crippen LogP contribution in [0.5, 0.6) is 11.5 Å². The van der Waals surface area contributed by atoms with Gasteiger partial charge in [0.25, 0.3) is 20.2 Å². The molecule has 0 aliphatic carbocycles. The molecule has 0 radical (unpaired) electrons. The standard InChI is InChI=1S/C22H22N4O20S6/c27-19-12-20(28)18(26-24-16-4-2-14(10-22(16)50(36,37)38)48(31,32)8-6-46-52(42,43)44)11-17(19)25-23-15-3-1-13(9-21(15)49(33,34)35)47(29,30)7-5-45-51(39,40)41/h1-4,9-12,27-28H,5-8H2,(H,33,34,35)(H,36,37,38)(H,39,40,41)(H,42,43,44). The monoisotopic (exact) mass is 854 g/mol. The molecule has 286 valence electrons. The minimum atomic E-state index is -5.24. The second-order valence-corrected chi connectivity index (χ2v) is 18.8. The van der Waals surface area contributed by atoms with Gasteiger partial charge in [-0.25, -0.2) is 25.2 Å². The Morgan fingerprint density at radius 1 is 0.462 bits per heavy atom. The molecule has 24 nitrogen and oxygen atoms in total. The largest absolute Gasteiger partial charge is 0.505 e. The van der Waals surface area contributed by atoms with Crippen molar-refractivity contribution in [1.29, 1.82) is 0 Å². The second-order valence-electron chi connectivity index (χ2n) is 9.58. The first kappa shape index (κ1) is 42.3. The van der Waals surface area contributed by atoms with E-state index in [0.29, 0.717) is 18.2 Å². The number of azo groups is 2. The van der Waals surface area contributed by atoms with Crippen molar-refractivity contribution in [3.05, 3.63) is 48.5 Å². The van der Waals surface area contributed by atoms with Crippen molar-refractivity contribution in [3.63, 3.8) is 0 Å². The van der Waals surface area contributed by atoms with Crippen molar-refractivity contribution in [1.82, 2.24) is 0 Å². The maximum absolute atomic E-state index is 12.5. The summed E-state index contributed by atoms with van der Waals surface area (Å²) in [5.41, 5.74) is -2.64. The number of phenolic OH excluding ortho intramolecular Hbond substituents is 2. The number of hydrogen-bond acceptors (Lipinski definition) is 20. The van der Waals surface area contributed by atoms with Crippen LogP contribution in [0.15, 0.2) is 88.6 Å². The first-order valence-corrected chi connectivity index (χ1v) is 21.8. The smallest absolute Gasteiger partial charge is 0.397 e. The SMILES string of the molecule is O=S(=O)(O)OCCS(=O)(=O)c1ccc(N=Nc2cc(N=Nc3ccc(S(=O)(=O)CCOS(=O)(=O)O)cc3S(=O)(=O)O)c(O)cc2O)c(S(=O)(=O)O)c1. The summed E-state index contributed by atoms with van der Waals surface area (Å²) in [5, 5.41) is 34.7. The lowest BCUT2D eigenvalue weighted by atomic mass is 10.2. The van der Waals surface area contributed by atoms with Crippen molar-refractivity contribution in [3.8, 4) is 11.5 Å². The molecule has 0 aliphatic rings. The van der Waals surface area contributed by atoms with E-state index in [4.69, 9.17) is 9.11 Å². The number of nitrogens with zero attached hydrogens (tertiary/aromatic N) is 4. The molecule has 0 aromatic heterocycles. The summed E-state index contributed by atoms with van der Waals surface area (Å²) < 4.78 is 185. The maximum atomic E-state index is 12.5. The average molecular weight is 855 g/mol. The van der Waals surface area contributed by atoms with Crippen molar-refractivity contribution in [2.45, 2.75) is 19.6 Å². The normalized spacial score (nSPS) is 13.6. The molecule has 0 atom stereocenters. The second kappa shape index (κ2) is 15.5. The van der Waals surface area contributed by atoms with Gasteiger partial charge in [-0.05, 0) is 36.4 Å². The van der Waals surface area contributed by atoms with Crippen LogP contribution >= 0.6 is 0 Å². The highest BCUT2D eigenvalue weighted by Crippen LogP contribution is 2.41. The molecule has 3 aromatic rings. The molecule has 0 amide bonds. The third kappa shape index (κ3) is 12.0. The highest BCUT2D eigenvalue weighted by atomic mass is 32.3. The van der Waals surface area contributed by atoms with Gasteiger partial charge in [0.2, 0.25) is 0 Å². The number of sulfone groups is 2. The minimum absolute atomic E-state index is 0.430. The van der Waals surface area contributed by atoms with Crippen LogP contribution in [0.3, 0.4) is 0 Å². The van der Waals surface area contributed by atoms with Crippen LogP contribution < -0.4 is 0 Å². The molecular formula is C22H22N4O20S6. The Bertz CT molecular complexity index is 2450. The molecule has 3 rings (SSSR count). The van der Waals surface area contributed by atoms with E-state index in [2.05, 4.69) is 28.8 Å². The number of hydrogen-bond donors (Lipinski definition) is 6. The Balaban J connectivity index is 1.99. The molecule has 0 aliphatic heterocycles. The van der Waals surface area contributed by atoms with E-state index >= 15 is 0 Å². The van der Waals surface area contributed by atoms with Crippen LogP contribution in [0.2, 0.25) is 0 Å². The van der Waals surface area contributed by atoms with Crippen LogP contribution in [0.1, 0.15) is 0 Å². The number of rotatable bonds is 16. The Hall–Kier alpha value is -4.08. The van der Waals surface area contributed by atoms with Gasteiger partial charge in [0.1, 0.15) is 44.0 Å². The van der Waals surface area contributed by atoms with Gasteiger partial charge in [-0.1, -0.05) is 0 Å². The Morgan fingerprint density at radius 2 is 0.788 bits per heavy atom. The van der Waals surface area contributed by atoms with E-state index in [1.54, 1.807) is 0 Å². The number of phenols is 2. The predicted molar refractivity (Wildman–Crippen MR) is 170 cm³/mol. The molecule has 0 heterocycles. The zero-order valence-electron chi connectivity index (χ0n) is 25.1. The summed E-state index contributed by atoms with van der Waals surface area (Å²) in [7, 11) is -29.4. The van der Waals surface area contributed by atoms with Gasteiger partial charge in [-0.2, -0.15) is 33.7 Å². The summed E-state index contributed by atoms with van der Waals surface area (Å²) in [4.78, 5) is -3.82. The summed E-state index contributed by atoms with van der Waals surface area (Å²) in [5.74, 6) is -3.81. The van der Waals surface area contributed by atoms with E-state index in [1.165, 1.54) is 0 Å². The molecule has 0 unspecified atom stereocenters. The molecule has 0 fully saturated rings. The Labute approximate surface area is 294 Å². The zero-order chi connectivity index (χ0) is 39.5. The Morgan fingerprint density at radius 3 is 1.10 bits per heavy atom. The lowest BCUT2D eigenvalue weighted by molar-refractivity contribution is 0.282. The van der Waals surface area contributed by atoms with Crippen LogP contribution in [-0.4, -0.2) is 104 Å². The minimum Gasteiger partial charge on any atom is -0.505 e. The molecular weight excluding hydrogens is 833 g/mol. The fourth-order valence-electron chi connectivity index (χ4n) is 3.62. The van der Waals surface area contributed by atoms with E-state index in [-0.39, 0.29) is 0 Å². The molecule has 30 heteroatoms. The van der Waals surface area contributed by atoms with Crippen LogP contribution in [-0.2, 0) is 69.1 Å². The van der Waals surface area contributed by atoms with Gasteiger partial charge in [0.15, 0.2) is 19.7 Å². The molecule has 0 bridgehead atoms. The molecule has 3 aromatic carbocycles. The number of aromatic hydroxyl groups is 2. The lowest BCUT2D eigenvalue weighted by Gasteiger charge is -2.08. The quantitative estimate of drug-likeness (QED) is 0.0880. The first-order chi connectivity index (χ1) is 23.6.